The fourth-order valence-electron chi connectivity index (χ4n) is 2.69. The van der Waals surface area contributed by atoms with Crippen LogP contribution in [0.5, 0.6) is 0 Å². The van der Waals surface area contributed by atoms with Crippen LogP contribution in [-0.4, -0.2) is 14.6 Å². The molecule has 0 N–H and O–H groups in total. The summed E-state index contributed by atoms with van der Waals surface area (Å²) in [5.74, 6) is 0.732. The third kappa shape index (κ3) is 1.78. The molecule has 2 aromatic heterocycles. The summed E-state index contributed by atoms with van der Waals surface area (Å²) in [6.45, 7) is 0. The van der Waals surface area contributed by atoms with Gasteiger partial charge in [0, 0.05) is 24.2 Å². The van der Waals surface area contributed by atoms with Crippen LogP contribution in [0.3, 0.4) is 0 Å². The van der Waals surface area contributed by atoms with Gasteiger partial charge in [-0.1, -0.05) is 0 Å². The Bertz CT molecular complexity index is 558. The Balaban J connectivity index is 1.90. The molecule has 4 nitrogen and oxygen atoms in total. The topological polar surface area (TPSA) is 54.0 Å². The van der Waals surface area contributed by atoms with Gasteiger partial charge in [0.1, 0.15) is 0 Å². The molecule has 2 heterocycles. The number of fused-ring (bicyclic) bond motifs is 1. The summed E-state index contributed by atoms with van der Waals surface area (Å²) in [5.41, 5.74) is 2.24. The Labute approximate surface area is 99.9 Å². The highest BCUT2D eigenvalue weighted by Crippen LogP contribution is 2.35. The van der Waals surface area contributed by atoms with E-state index in [9.17, 15) is 0 Å². The van der Waals surface area contributed by atoms with Gasteiger partial charge in [-0.05, 0) is 31.7 Å². The lowest BCUT2D eigenvalue weighted by atomic mass is 9.81. The van der Waals surface area contributed by atoms with Gasteiger partial charge in [0.15, 0.2) is 0 Å². The van der Waals surface area contributed by atoms with Crippen LogP contribution in [0.25, 0.3) is 5.52 Å². The third-order valence-corrected chi connectivity index (χ3v) is 3.65. The van der Waals surface area contributed by atoms with Gasteiger partial charge in [0.05, 0.1) is 23.5 Å². The van der Waals surface area contributed by atoms with Crippen molar-refractivity contribution in [2.75, 3.05) is 0 Å². The van der Waals surface area contributed by atoms with Crippen LogP contribution >= 0.6 is 0 Å². The lowest BCUT2D eigenvalue weighted by Gasteiger charge is -2.24. The minimum absolute atomic E-state index is 0.246. The first-order chi connectivity index (χ1) is 8.38. The molecular weight excluding hydrogens is 212 g/mol. The number of nitriles is 1. The molecule has 0 unspecified atom stereocenters. The quantitative estimate of drug-likeness (QED) is 0.750. The molecule has 0 amide bonds. The van der Waals surface area contributed by atoms with E-state index in [4.69, 9.17) is 5.26 Å². The first-order valence-corrected chi connectivity index (χ1v) is 6.06. The molecule has 4 heteroatoms. The average molecular weight is 226 g/mol. The standard InChI is InChI=1S/C13H14N4/c14-9-10-1-3-11(4-2-10)13-12-5-6-16-17(12)8-7-15-13/h5-8,10-11H,1-4H2/t10-,11-. The van der Waals surface area contributed by atoms with Crippen molar-refractivity contribution in [3.63, 3.8) is 0 Å². The van der Waals surface area contributed by atoms with Crippen LogP contribution in [0, 0.1) is 17.2 Å². The van der Waals surface area contributed by atoms with E-state index in [1.54, 1.807) is 6.20 Å². The van der Waals surface area contributed by atoms with Crippen molar-refractivity contribution in [2.24, 2.45) is 5.92 Å². The van der Waals surface area contributed by atoms with Gasteiger partial charge in [0.2, 0.25) is 0 Å². The van der Waals surface area contributed by atoms with Gasteiger partial charge in [-0.15, -0.1) is 0 Å². The van der Waals surface area contributed by atoms with E-state index >= 15 is 0 Å². The van der Waals surface area contributed by atoms with Gasteiger partial charge in [0.25, 0.3) is 0 Å². The van der Waals surface area contributed by atoms with Crippen molar-refractivity contribution in [2.45, 2.75) is 31.6 Å². The minimum Gasteiger partial charge on any atom is -0.257 e. The first-order valence-electron chi connectivity index (χ1n) is 6.06. The van der Waals surface area contributed by atoms with Gasteiger partial charge < -0.3 is 0 Å². The molecule has 1 fully saturated rings. The lowest BCUT2D eigenvalue weighted by molar-refractivity contribution is 0.378. The number of aromatic nitrogens is 3. The van der Waals surface area contributed by atoms with Crippen LogP contribution < -0.4 is 0 Å². The van der Waals surface area contributed by atoms with Crippen LogP contribution in [-0.2, 0) is 0 Å². The largest absolute Gasteiger partial charge is 0.257 e. The molecule has 17 heavy (non-hydrogen) atoms. The van der Waals surface area contributed by atoms with E-state index < -0.39 is 0 Å². The normalized spacial score (nSPS) is 24.6. The zero-order chi connectivity index (χ0) is 11.7. The monoisotopic (exact) mass is 226 g/mol. The molecule has 0 spiro atoms. The van der Waals surface area contributed by atoms with Crippen LogP contribution in [0.1, 0.15) is 37.3 Å². The summed E-state index contributed by atoms with van der Waals surface area (Å²) in [6.07, 6.45) is 9.62. The van der Waals surface area contributed by atoms with E-state index in [1.807, 2.05) is 23.0 Å². The van der Waals surface area contributed by atoms with E-state index in [0.717, 1.165) is 36.9 Å². The third-order valence-electron chi connectivity index (χ3n) is 3.65. The highest BCUT2D eigenvalue weighted by Gasteiger charge is 2.24. The van der Waals surface area contributed by atoms with E-state index in [-0.39, 0.29) is 5.92 Å². The zero-order valence-corrected chi connectivity index (χ0v) is 9.58. The van der Waals surface area contributed by atoms with Crippen molar-refractivity contribution in [3.8, 4) is 6.07 Å². The number of nitrogens with zero attached hydrogens (tertiary/aromatic N) is 4. The molecular formula is C13H14N4. The number of rotatable bonds is 1. The second kappa shape index (κ2) is 4.17. The Hall–Kier alpha value is -1.89. The summed E-state index contributed by atoms with van der Waals surface area (Å²) in [4.78, 5) is 4.51. The molecule has 86 valence electrons. The smallest absolute Gasteiger partial charge is 0.0879 e. The predicted octanol–water partition coefficient (Wildman–Crippen LogP) is 2.53. The summed E-state index contributed by atoms with van der Waals surface area (Å²) in [5, 5.41) is 13.1. The fraction of sp³-hybridized carbons (Fsp3) is 0.462. The molecule has 3 rings (SSSR count). The van der Waals surface area contributed by atoms with Crippen molar-refractivity contribution in [1.29, 1.82) is 5.26 Å². The fourth-order valence-corrected chi connectivity index (χ4v) is 2.69. The van der Waals surface area contributed by atoms with Crippen molar-refractivity contribution < 1.29 is 0 Å². The molecule has 0 bridgehead atoms. The summed E-state index contributed by atoms with van der Waals surface area (Å²) in [6, 6.07) is 4.38. The van der Waals surface area contributed by atoms with Gasteiger partial charge in [-0.2, -0.15) is 10.4 Å². The van der Waals surface area contributed by atoms with Gasteiger partial charge in [-0.25, -0.2) is 4.52 Å². The van der Waals surface area contributed by atoms with Crippen molar-refractivity contribution in [3.05, 3.63) is 30.4 Å². The summed E-state index contributed by atoms with van der Waals surface area (Å²) >= 11 is 0. The number of hydrogen-bond donors (Lipinski definition) is 0. The highest BCUT2D eigenvalue weighted by molar-refractivity contribution is 5.51. The molecule has 0 atom stereocenters. The minimum atomic E-state index is 0.246. The average Bonchev–Trinajstić information content (AvgIpc) is 2.87. The molecule has 1 aliphatic rings. The molecule has 0 aliphatic heterocycles. The van der Waals surface area contributed by atoms with E-state index in [0.29, 0.717) is 5.92 Å². The second-order valence-corrected chi connectivity index (χ2v) is 4.65. The Morgan fingerprint density at radius 1 is 1.24 bits per heavy atom. The first kappa shape index (κ1) is 10.3. The lowest BCUT2D eigenvalue weighted by Crippen LogP contribution is -2.13. The molecule has 2 aromatic rings. The molecule has 1 aliphatic carbocycles. The van der Waals surface area contributed by atoms with E-state index in [1.165, 1.54) is 0 Å². The summed E-state index contributed by atoms with van der Waals surface area (Å²) < 4.78 is 1.87. The Morgan fingerprint density at radius 3 is 2.82 bits per heavy atom. The van der Waals surface area contributed by atoms with Crippen LogP contribution in [0.4, 0.5) is 0 Å². The zero-order valence-electron chi connectivity index (χ0n) is 9.58. The molecule has 0 saturated heterocycles. The summed E-state index contributed by atoms with van der Waals surface area (Å²) in [7, 11) is 0. The molecule has 1 saturated carbocycles. The maximum absolute atomic E-state index is 8.91. The van der Waals surface area contributed by atoms with E-state index in [2.05, 4.69) is 16.2 Å². The second-order valence-electron chi connectivity index (χ2n) is 4.65. The Kier molecular flexibility index (Phi) is 2.52. The Morgan fingerprint density at radius 2 is 2.06 bits per heavy atom. The maximum Gasteiger partial charge on any atom is 0.0879 e. The van der Waals surface area contributed by atoms with Crippen LogP contribution in [0.2, 0.25) is 0 Å². The van der Waals surface area contributed by atoms with Gasteiger partial charge >= 0.3 is 0 Å². The molecule has 0 radical (unpaired) electrons. The highest BCUT2D eigenvalue weighted by atomic mass is 15.2. The number of hydrogen-bond acceptors (Lipinski definition) is 3. The SMILES string of the molecule is N#C[C@H]1CC[C@H](c2nccn3nccc23)CC1. The van der Waals surface area contributed by atoms with Crippen molar-refractivity contribution in [1.82, 2.24) is 14.6 Å². The van der Waals surface area contributed by atoms with Crippen molar-refractivity contribution >= 4 is 5.52 Å². The predicted molar refractivity (Wildman–Crippen MR) is 63.3 cm³/mol. The van der Waals surface area contributed by atoms with Crippen LogP contribution in [0.15, 0.2) is 24.7 Å². The van der Waals surface area contributed by atoms with Gasteiger partial charge in [-0.3, -0.25) is 4.98 Å². The maximum atomic E-state index is 8.91. The molecule has 0 aromatic carbocycles.